The molecule has 5 heteroatoms. The number of aromatic nitrogens is 1. The minimum absolute atomic E-state index is 0.159. The van der Waals surface area contributed by atoms with Crippen molar-refractivity contribution >= 4 is 22.7 Å². The van der Waals surface area contributed by atoms with E-state index in [-0.39, 0.29) is 6.10 Å². The Hall–Kier alpha value is -0.750. The lowest BCUT2D eigenvalue weighted by atomic mass is 10.1. The van der Waals surface area contributed by atoms with Crippen molar-refractivity contribution in [3.05, 3.63) is 27.9 Å². The van der Waals surface area contributed by atoms with E-state index in [0.29, 0.717) is 0 Å². The second-order valence-electron chi connectivity index (χ2n) is 4.69. The molecule has 2 aromatic heterocycles. The van der Waals surface area contributed by atoms with Crippen molar-refractivity contribution in [1.29, 1.82) is 0 Å². The number of hydrogen-bond donors (Lipinski definition) is 1. The van der Waals surface area contributed by atoms with Crippen molar-refractivity contribution in [3.8, 4) is 10.6 Å². The molecule has 0 aliphatic carbocycles. The zero-order chi connectivity index (χ0) is 12.4. The summed E-state index contributed by atoms with van der Waals surface area (Å²) in [7, 11) is 0. The molecular weight excluding hydrogens is 264 g/mol. The van der Waals surface area contributed by atoms with E-state index in [2.05, 4.69) is 32.1 Å². The van der Waals surface area contributed by atoms with Gasteiger partial charge in [-0.25, -0.2) is 4.98 Å². The van der Waals surface area contributed by atoms with Crippen LogP contribution in [0.25, 0.3) is 10.6 Å². The van der Waals surface area contributed by atoms with Gasteiger partial charge in [0.2, 0.25) is 0 Å². The number of thiazole rings is 1. The molecular formula is C13H16N2OS2. The Morgan fingerprint density at radius 2 is 2.39 bits per heavy atom. The average molecular weight is 280 g/mol. The van der Waals surface area contributed by atoms with Gasteiger partial charge in [-0.05, 0) is 30.8 Å². The fourth-order valence-electron chi connectivity index (χ4n) is 2.30. The van der Waals surface area contributed by atoms with Crippen molar-refractivity contribution in [2.45, 2.75) is 25.5 Å². The Balaban J connectivity index is 1.66. The lowest BCUT2D eigenvalue weighted by Crippen LogP contribution is -2.37. The summed E-state index contributed by atoms with van der Waals surface area (Å²) in [5.74, 6) is 0. The molecule has 1 aliphatic heterocycles. The Bertz CT molecular complexity index is 495. The van der Waals surface area contributed by atoms with Crippen LogP contribution in [0.2, 0.25) is 0 Å². The van der Waals surface area contributed by atoms with E-state index in [9.17, 15) is 5.11 Å². The maximum Gasteiger partial charge on any atom is 0.124 e. The lowest BCUT2D eigenvalue weighted by Gasteiger charge is -2.29. The molecule has 1 atom stereocenters. The van der Waals surface area contributed by atoms with Crippen LogP contribution < -0.4 is 0 Å². The SMILES string of the molecule is O[C@H]1CCCN(Cc2csc(-c3ccsc3)n2)C1. The van der Waals surface area contributed by atoms with E-state index in [1.54, 1.807) is 22.7 Å². The van der Waals surface area contributed by atoms with E-state index in [1.165, 1.54) is 5.56 Å². The van der Waals surface area contributed by atoms with Crippen molar-refractivity contribution in [1.82, 2.24) is 9.88 Å². The molecule has 2 aromatic rings. The molecule has 0 saturated carbocycles. The standard InChI is InChI=1S/C13H16N2OS2/c16-12-2-1-4-15(7-12)6-11-9-18-13(14-11)10-3-5-17-8-10/h3,5,8-9,12,16H,1-2,4,6-7H2/t12-/m0/s1. The van der Waals surface area contributed by atoms with Gasteiger partial charge in [0.25, 0.3) is 0 Å². The third kappa shape index (κ3) is 2.80. The van der Waals surface area contributed by atoms with Crippen LogP contribution in [-0.2, 0) is 6.54 Å². The van der Waals surface area contributed by atoms with Crippen LogP contribution in [0.1, 0.15) is 18.5 Å². The Kier molecular flexibility index (Phi) is 3.75. The molecule has 18 heavy (non-hydrogen) atoms. The molecule has 1 aliphatic rings. The Morgan fingerprint density at radius 1 is 1.44 bits per heavy atom. The molecule has 1 saturated heterocycles. The largest absolute Gasteiger partial charge is 0.392 e. The van der Waals surface area contributed by atoms with E-state index >= 15 is 0 Å². The van der Waals surface area contributed by atoms with Crippen LogP contribution in [-0.4, -0.2) is 34.2 Å². The first-order valence-electron chi connectivity index (χ1n) is 6.18. The molecule has 0 bridgehead atoms. The van der Waals surface area contributed by atoms with Crippen LogP contribution in [0.15, 0.2) is 22.2 Å². The first-order valence-corrected chi connectivity index (χ1v) is 8.01. The summed E-state index contributed by atoms with van der Waals surface area (Å²) >= 11 is 3.41. The van der Waals surface area contributed by atoms with Crippen LogP contribution in [0.5, 0.6) is 0 Å². The number of aliphatic hydroxyl groups excluding tert-OH is 1. The summed E-state index contributed by atoms with van der Waals surface area (Å²) in [6.45, 7) is 2.71. The van der Waals surface area contributed by atoms with Gasteiger partial charge in [0.15, 0.2) is 0 Å². The summed E-state index contributed by atoms with van der Waals surface area (Å²) < 4.78 is 0. The van der Waals surface area contributed by atoms with Crippen LogP contribution in [0, 0.1) is 0 Å². The quantitative estimate of drug-likeness (QED) is 0.939. The van der Waals surface area contributed by atoms with Crippen LogP contribution >= 0.6 is 22.7 Å². The topological polar surface area (TPSA) is 36.4 Å². The summed E-state index contributed by atoms with van der Waals surface area (Å²) in [6, 6.07) is 2.11. The molecule has 0 radical (unpaired) electrons. The number of nitrogens with zero attached hydrogens (tertiary/aromatic N) is 2. The van der Waals surface area contributed by atoms with E-state index in [0.717, 1.165) is 43.2 Å². The second kappa shape index (κ2) is 5.48. The van der Waals surface area contributed by atoms with Crippen LogP contribution in [0.3, 0.4) is 0 Å². The smallest absolute Gasteiger partial charge is 0.124 e. The average Bonchev–Trinajstić information content (AvgIpc) is 2.98. The summed E-state index contributed by atoms with van der Waals surface area (Å²) in [5.41, 5.74) is 2.34. The molecule has 0 unspecified atom stereocenters. The van der Waals surface area contributed by atoms with Gasteiger partial charge in [-0.3, -0.25) is 4.90 Å². The molecule has 0 amide bonds. The minimum Gasteiger partial charge on any atom is -0.392 e. The number of β-amino-alcohol motifs (C(OH)–C–C–N with tert-alkyl or cyclic N) is 1. The number of thiophene rings is 1. The molecule has 0 spiro atoms. The normalized spacial score (nSPS) is 21.3. The highest BCUT2D eigenvalue weighted by molar-refractivity contribution is 7.14. The third-order valence-corrected chi connectivity index (χ3v) is 4.81. The summed E-state index contributed by atoms with van der Waals surface area (Å²) in [6.07, 6.45) is 1.87. The summed E-state index contributed by atoms with van der Waals surface area (Å²) in [4.78, 5) is 6.97. The van der Waals surface area contributed by atoms with Crippen molar-refractivity contribution in [2.75, 3.05) is 13.1 Å². The van der Waals surface area contributed by atoms with E-state index in [1.807, 2.05) is 0 Å². The molecule has 3 heterocycles. The highest BCUT2D eigenvalue weighted by atomic mass is 32.1. The predicted molar refractivity (Wildman–Crippen MR) is 75.9 cm³/mol. The maximum absolute atomic E-state index is 9.65. The van der Waals surface area contributed by atoms with Crippen molar-refractivity contribution in [2.24, 2.45) is 0 Å². The van der Waals surface area contributed by atoms with Gasteiger partial charge in [-0.1, -0.05) is 0 Å². The number of rotatable bonds is 3. The van der Waals surface area contributed by atoms with Gasteiger partial charge in [0, 0.05) is 29.4 Å². The molecule has 1 N–H and O–H groups in total. The monoisotopic (exact) mass is 280 g/mol. The van der Waals surface area contributed by atoms with Crippen molar-refractivity contribution in [3.63, 3.8) is 0 Å². The number of piperidine rings is 1. The maximum atomic E-state index is 9.65. The van der Waals surface area contributed by atoms with E-state index < -0.39 is 0 Å². The zero-order valence-electron chi connectivity index (χ0n) is 10.1. The lowest BCUT2D eigenvalue weighted by molar-refractivity contribution is 0.0663. The van der Waals surface area contributed by atoms with Gasteiger partial charge in [0.05, 0.1) is 11.8 Å². The summed E-state index contributed by atoms with van der Waals surface area (Å²) in [5, 5.41) is 17.1. The number of hydrogen-bond acceptors (Lipinski definition) is 5. The molecule has 1 fully saturated rings. The molecule has 3 rings (SSSR count). The highest BCUT2D eigenvalue weighted by Gasteiger charge is 2.18. The zero-order valence-corrected chi connectivity index (χ0v) is 11.7. The van der Waals surface area contributed by atoms with Gasteiger partial charge >= 0.3 is 0 Å². The Labute approximate surface area is 115 Å². The van der Waals surface area contributed by atoms with E-state index in [4.69, 9.17) is 0 Å². The molecule has 0 aromatic carbocycles. The van der Waals surface area contributed by atoms with Crippen LogP contribution in [0.4, 0.5) is 0 Å². The first kappa shape index (κ1) is 12.3. The fourth-order valence-corrected chi connectivity index (χ4v) is 3.83. The highest BCUT2D eigenvalue weighted by Crippen LogP contribution is 2.26. The number of aliphatic hydroxyl groups is 1. The molecule has 96 valence electrons. The van der Waals surface area contributed by atoms with Gasteiger partial charge in [0.1, 0.15) is 5.01 Å². The predicted octanol–water partition coefficient (Wildman–Crippen LogP) is 2.83. The van der Waals surface area contributed by atoms with Gasteiger partial charge in [-0.2, -0.15) is 11.3 Å². The number of likely N-dealkylation sites (tertiary alicyclic amines) is 1. The Morgan fingerprint density at radius 3 is 3.17 bits per heavy atom. The minimum atomic E-state index is -0.159. The second-order valence-corrected chi connectivity index (χ2v) is 6.33. The van der Waals surface area contributed by atoms with Gasteiger partial charge in [-0.15, -0.1) is 11.3 Å². The fraction of sp³-hybridized carbons (Fsp3) is 0.462. The first-order chi connectivity index (χ1) is 8.81. The molecule has 3 nitrogen and oxygen atoms in total. The third-order valence-electron chi connectivity index (χ3n) is 3.19. The van der Waals surface area contributed by atoms with Crippen molar-refractivity contribution < 1.29 is 5.11 Å². The van der Waals surface area contributed by atoms with Gasteiger partial charge < -0.3 is 5.11 Å².